The zero-order chi connectivity index (χ0) is 25.4. The van der Waals surface area contributed by atoms with E-state index in [0.29, 0.717) is 11.3 Å². The Kier molecular flexibility index (Phi) is 10.2. The van der Waals surface area contributed by atoms with Crippen LogP contribution in [-0.2, 0) is 23.4 Å². The number of aliphatic hydroxyl groups excluding tert-OH is 1. The van der Waals surface area contributed by atoms with Crippen molar-refractivity contribution < 1.29 is 32.9 Å². The van der Waals surface area contributed by atoms with Gasteiger partial charge in [0, 0.05) is 7.05 Å². The number of fused-ring (bicyclic) bond motifs is 1. The first-order valence-electron chi connectivity index (χ1n) is 10.3. The zero-order valence-corrected chi connectivity index (χ0v) is 20.2. The van der Waals surface area contributed by atoms with Crippen molar-refractivity contribution in [3.63, 3.8) is 0 Å². The standard InChI is InChI=1S/C19H29FN7O6P/c1-6-12(28)13(8-31-34(30)26-11(4)18(29)32-10(2)3)33-14(7-20)27-9-23-15-16(22-5)24-19(21)25-17(15)27/h1,9-14,28,34H,7-8H2,2-5H3,(H,26,30)(H3,21,22,24,25)/t11-,12-,13?,14+/m0/s1. The number of hydrogen-bond acceptors (Lipinski definition) is 11. The van der Waals surface area contributed by atoms with E-state index in [-0.39, 0.29) is 17.7 Å². The van der Waals surface area contributed by atoms with Crippen LogP contribution in [-0.4, -0.2) is 75.3 Å². The summed E-state index contributed by atoms with van der Waals surface area (Å²) in [5.74, 6) is 1.72. The van der Waals surface area contributed by atoms with Crippen LogP contribution in [0.2, 0.25) is 0 Å². The van der Waals surface area contributed by atoms with Gasteiger partial charge < -0.3 is 30.2 Å². The van der Waals surface area contributed by atoms with E-state index in [2.05, 4.69) is 31.3 Å². The number of esters is 1. The molecule has 15 heteroatoms. The molecule has 2 aromatic heterocycles. The summed E-state index contributed by atoms with van der Waals surface area (Å²) < 4.78 is 43.3. The maximum Gasteiger partial charge on any atom is 0.323 e. The van der Waals surface area contributed by atoms with Gasteiger partial charge in [-0.2, -0.15) is 9.97 Å². The minimum Gasteiger partial charge on any atom is -0.462 e. The van der Waals surface area contributed by atoms with Crippen molar-refractivity contribution in [2.75, 3.05) is 31.4 Å². The van der Waals surface area contributed by atoms with E-state index in [0.717, 1.165) is 0 Å². The molecule has 0 aromatic carbocycles. The number of carbonyl (C=O) groups excluding carboxylic acids is 1. The molecule has 5 N–H and O–H groups in total. The number of aliphatic hydroxyl groups is 1. The summed E-state index contributed by atoms with van der Waals surface area (Å²) in [4.78, 5) is 24.1. The highest BCUT2D eigenvalue weighted by Gasteiger charge is 2.27. The highest BCUT2D eigenvalue weighted by molar-refractivity contribution is 7.36. The van der Waals surface area contributed by atoms with Crippen LogP contribution in [0.25, 0.3) is 11.2 Å². The molecule has 13 nitrogen and oxygen atoms in total. The molecule has 0 saturated heterocycles. The number of rotatable bonds is 13. The third-order valence-corrected chi connectivity index (χ3v) is 5.49. The molecular weight excluding hydrogens is 472 g/mol. The predicted molar refractivity (Wildman–Crippen MR) is 123 cm³/mol. The predicted octanol–water partition coefficient (Wildman–Crippen LogP) is 0.634. The third kappa shape index (κ3) is 7.09. The minimum atomic E-state index is -2.97. The fraction of sp³-hybridized carbons (Fsp3) is 0.579. The Morgan fingerprint density at radius 2 is 2.12 bits per heavy atom. The summed E-state index contributed by atoms with van der Waals surface area (Å²) in [6.07, 6.45) is 2.10. The summed E-state index contributed by atoms with van der Waals surface area (Å²) >= 11 is 0. The van der Waals surface area contributed by atoms with Gasteiger partial charge in [-0.3, -0.25) is 13.9 Å². The maximum atomic E-state index is 14.0. The van der Waals surface area contributed by atoms with Gasteiger partial charge in [-0.15, -0.1) is 6.42 Å². The molecule has 2 aromatic rings. The molecule has 2 heterocycles. The van der Waals surface area contributed by atoms with Crippen molar-refractivity contribution in [2.24, 2.45) is 0 Å². The van der Waals surface area contributed by atoms with Gasteiger partial charge in [-0.1, -0.05) is 5.92 Å². The number of nitrogen functional groups attached to an aromatic ring is 1. The van der Waals surface area contributed by atoms with Crippen LogP contribution in [0.4, 0.5) is 16.2 Å². The number of ether oxygens (including phenoxy) is 2. The molecule has 0 amide bonds. The zero-order valence-electron chi connectivity index (χ0n) is 19.2. The van der Waals surface area contributed by atoms with Crippen molar-refractivity contribution in [2.45, 2.75) is 51.4 Å². The average molecular weight is 501 g/mol. The normalized spacial score (nSPS) is 15.9. The molecule has 2 unspecified atom stereocenters. The number of imidazole rings is 1. The summed E-state index contributed by atoms with van der Waals surface area (Å²) in [6, 6.07) is -0.909. The number of alkyl halides is 1. The number of carbonyl (C=O) groups is 1. The second-order valence-corrected chi connectivity index (χ2v) is 8.50. The van der Waals surface area contributed by atoms with E-state index in [1.54, 1.807) is 20.9 Å². The monoisotopic (exact) mass is 501 g/mol. The molecule has 2 rings (SSSR count). The second-order valence-electron chi connectivity index (χ2n) is 7.35. The first-order valence-corrected chi connectivity index (χ1v) is 11.6. The molecule has 0 aliphatic carbocycles. The lowest BCUT2D eigenvalue weighted by Gasteiger charge is -2.25. The van der Waals surface area contributed by atoms with Gasteiger partial charge in [0.1, 0.15) is 24.9 Å². The number of nitrogens with one attached hydrogen (secondary N) is 2. The molecule has 5 atom stereocenters. The van der Waals surface area contributed by atoms with Crippen molar-refractivity contribution in [1.82, 2.24) is 24.6 Å². The topological polar surface area (TPSA) is 176 Å². The van der Waals surface area contributed by atoms with Gasteiger partial charge in [0.25, 0.3) is 8.18 Å². The number of anilines is 2. The van der Waals surface area contributed by atoms with Crippen molar-refractivity contribution in [1.29, 1.82) is 0 Å². The van der Waals surface area contributed by atoms with Crippen LogP contribution >= 0.6 is 8.18 Å². The van der Waals surface area contributed by atoms with Gasteiger partial charge >= 0.3 is 5.97 Å². The molecule has 188 valence electrons. The Labute approximate surface area is 196 Å². The lowest BCUT2D eigenvalue weighted by atomic mass is 10.2. The number of halogens is 1. The Bertz CT molecular complexity index is 1050. The number of aromatic nitrogens is 4. The van der Waals surface area contributed by atoms with E-state index in [4.69, 9.17) is 26.2 Å². The van der Waals surface area contributed by atoms with E-state index < -0.39 is 51.9 Å². The number of terminal acetylenes is 1. The smallest absolute Gasteiger partial charge is 0.323 e. The average Bonchev–Trinajstić information content (AvgIpc) is 3.21. The summed E-state index contributed by atoms with van der Waals surface area (Å²) in [5.41, 5.74) is 6.22. The van der Waals surface area contributed by atoms with Crippen LogP contribution in [0, 0.1) is 12.3 Å². The highest BCUT2D eigenvalue weighted by atomic mass is 31.1. The Balaban J connectivity index is 2.13. The van der Waals surface area contributed by atoms with Gasteiger partial charge in [0.15, 0.2) is 23.2 Å². The molecule has 0 fully saturated rings. The van der Waals surface area contributed by atoms with Crippen LogP contribution in [0.5, 0.6) is 0 Å². The summed E-state index contributed by atoms with van der Waals surface area (Å²) in [6.45, 7) is 3.29. The maximum absolute atomic E-state index is 14.0. The first-order chi connectivity index (χ1) is 16.1. The van der Waals surface area contributed by atoms with Crippen LogP contribution in [0.3, 0.4) is 0 Å². The van der Waals surface area contributed by atoms with E-state index in [1.165, 1.54) is 17.8 Å². The van der Waals surface area contributed by atoms with E-state index in [9.17, 15) is 18.9 Å². The summed E-state index contributed by atoms with van der Waals surface area (Å²) in [5, 5.41) is 15.4. The first kappa shape index (κ1) is 27.4. The van der Waals surface area contributed by atoms with Crippen LogP contribution in [0.15, 0.2) is 6.33 Å². The second kappa shape index (κ2) is 12.6. The lowest BCUT2D eigenvalue weighted by Crippen LogP contribution is -2.36. The van der Waals surface area contributed by atoms with Crippen molar-refractivity contribution in [3.8, 4) is 12.3 Å². The molecule has 0 bridgehead atoms. The SMILES string of the molecule is C#C[C@H](O)C(CO[PH](=O)N[C@@H](C)C(=O)OC(C)C)O[C@H](CF)n1cnc2c(NC)nc(N)nc21. The summed E-state index contributed by atoms with van der Waals surface area (Å²) in [7, 11) is -1.36. The molecule has 0 aliphatic rings. The molecule has 0 radical (unpaired) electrons. The number of nitrogens with two attached hydrogens (primary N) is 1. The Hall–Kier alpha value is -2.82. The Morgan fingerprint density at radius 3 is 2.71 bits per heavy atom. The minimum absolute atomic E-state index is 0.0745. The lowest BCUT2D eigenvalue weighted by molar-refractivity contribution is -0.149. The van der Waals surface area contributed by atoms with E-state index in [1.807, 2.05) is 0 Å². The largest absolute Gasteiger partial charge is 0.462 e. The number of hydrogen-bond donors (Lipinski definition) is 4. The molecule has 34 heavy (non-hydrogen) atoms. The van der Waals surface area contributed by atoms with Crippen molar-refractivity contribution in [3.05, 3.63) is 6.33 Å². The molecule has 0 aliphatic heterocycles. The van der Waals surface area contributed by atoms with Gasteiger partial charge in [0.05, 0.1) is 19.0 Å². The molecule has 0 spiro atoms. The Morgan fingerprint density at radius 1 is 1.41 bits per heavy atom. The quantitative estimate of drug-likeness (QED) is 0.171. The fourth-order valence-electron chi connectivity index (χ4n) is 2.78. The molecular formula is C19H29FN7O6P. The third-order valence-electron chi connectivity index (χ3n) is 4.39. The fourth-order valence-corrected chi connectivity index (χ4v) is 3.65. The van der Waals surface area contributed by atoms with E-state index >= 15 is 0 Å². The van der Waals surface area contributed by atoms with Gasteiger partial charge in [-0.05, 0) is 20.8 Å². The number of nitrogens with zero attached hydrogens (tertiary/aromatic N) is 4. The van der Waals surface area contributed by atoms with Gasteiger partial charge in [-0.25, -0.2) is 14.5 Å². The van der Waals surface area contributed by atoms with Crippen LogP contribution in [0.1, 0.15) is 27.0 Å². The molecule has 0 saturated carbocycles. The van der Waals surface area contributed by atoms with Gasteiger partial charge in [0.2, 0.25) is 5.95 Å². The van der Waals surface area contributed by atoms with Crippen molar-refractivity contribution >= 4 is 37.1 Å². The highest BCUT2D eigenvalue weighted by Crippen LogP contribution is 2.26. The van der Waals surface area contributed by atoms with Crippen LogP contribution < -0.4 is 16.1 Å².